The zero-order chi connectivity index (χ0) is 16.9. The highest BCUT2D eigenvalue weighted by Crippen LogP contribution is 2.32. The van der Waals surface area contributed by atoms with E-state index in [1.807, 2.05) is 30.3 Å². The molecule has 1 aromatic carbocycles. The Morgan fingerprint density at radius 1 is 1.25 bits per heavy atom. The van der Waals surface area contributed by atoms with Crippen molar-refractivity contribution in [3.8, 4) is 23.2 Å². The van der Waals surface area contributed by atoms with Gasteiger partial charge in [0.1, 0.15) is 0 Å². The number of nitrogens with one attached hydrogen (secondary N) is 1. The van der Waals surface area contributed by atoms with Crippen LogP contribution in [0.3, 0.4) is 0 Å². The number of aromatic nitrogens is 2. The first kappa shape index (κ1) is 16.0. The van der Waals surface area contributed by atoms with E-state index in [2.05, 4.69) is 16.0 Å². The Labute approximate surface area is 141 Å². The van der Waals surface area contributed by atoms with Crippen LogP contribution in [0.1, 0.15) is 24.0 Å². The molecular formula is C19H20N4O. The topological polar surface area (TPSA) is 87.7 Å². The van der Waals surface area contributed by atoms with Crippen molar-refractivity contribution in [1.29, 1.82) is 5.26 Å². The van der Waals surface area contributed by atoms with Crippen LogP contribution in [0.5, 0.6) is 5.88 Å². The third-order valence-electron chi connectivity index (χ3n) is 4.15. The molecule has 0 saturated heterocycles. The van der Waals surface area contributed by atoms with Crippen LogP contribution >= 0.6 is 0 Å². The van der Waals surface area contributed by atoms with E-state index in [0.717, 1.165) is 41.4 Å². The first-order valence-corrected chi connectivity index (χ1v) is 8.02. The molecule has 0 aliphatic heterocycles. The number of unbranched alkanes of at least 4 members (excludes halogenated alkanes) is 1. The third-order valence-corrected chi connectivity index (χ3v) is 4.15. The second-order valence-electron chi connectivity index (χ2n) is 5.69. The molecule has 3 rings (SSSR count). The summed E-state index contributed by atoms with van der Waals surface area (Å²) < 4.78 is 5.13. The van der Waals surface area contributed by atoms with E-state index in [1.54, 1.807) is 13.3 Å². The number of pyridine rings is 1. The fourth-order valence-corrected chi connectivity index (χ4v) is 2.92. The number of hydrogen-bond donors (Lipinski definition) is 2. The molecule has 0 unspecified atom stereocenters. The number of H-pyrrole nitrogens is 1. The summed E-state index contributed by atoms with van der Waals surface area (Å²) in [5.41, 5.74) is 10.6. The molecule has 122 valence electrons. The van der Waals surface area contributed by atoms with E-state index < -0.39 is 0 Å². The molecule has 3 N–H and O–H groups in total. The first-order chi connectivity index (χ1) is 11.8. The lowest BCUT2D eigenvalue weighted by Crippen LogP contribution is -1.99. The highest BCUT2D eigenvalue weighted by molar-refractivity contribution is 5.91. The van der Waals surface area contributed by atoms with Crippen LogP contribution in [0.4, 0.5) is 0 Å². The summed E-state index contributed by atoms with van der Waals surface area (Å²) in [6.07, 6.45) is 4.70. The van der Waals surface area contributed by atoms with E-state index in [1.165, 1.54) is 5.56 Å². The molecule has 0 bridgehead atoms. The predicted molar refractivity (Wildman–Crippen MR) is 94.8 cm³/mol. The Morgan fingerprint density at radius 2 is 2.12 bits per heavy atom. The first-order valence-electron chi connectivity index (χ1n) is 8.02. The molecule has 3 aromatic rings. The van der Waals surface area contributed by atoms with Gasteiger partial charge in [0.2, 0.25) is 5.88 Å². The summed E-state index contributed by atoms with van der Waals surface area (Å²) in [6.45, 7) is 0.686. The van der Waals surface area contributed by atoms with Gasteiger partial charge in [0.15, 0.2) is 0 Å². The Balaban J connectivity index is 2.10. The van der Waals surface area contributed by atoms with Gasteiger partial charge < -0.3 is 15.5 Å². The van der Waals surface area contributed by atoms with Crippen molar-refractivity contribution in [1.82, 2.24) is 9.97 Å². The Hall–Kier alpha value is -2.84. The Bertz CT molecular complexity index is 875. The molecule has 2 aromatic heterocycles. The van der Waals surface area contributed by atoms with Crippen molar-refractivity contribution < 1.29 is 4.74 Å². The summed E-state index contributed by atoms with van der Waals surface area (Å²) in [4.78, 5) is 7.78. The summed E-state index contributed by atoms with van der Waals surface area (Å²) in [5, 5.41) is 10.3. The maximum atomic E-state index is 9.18. The van der Waals surface area contributed by atoms with Crippen LogP contribution in [-0.2, 0) is 6.42 Å². The molecule has 0 saturated carbocycles. The van der Waals surface area contributed by atoms with Crippen molar-refractivity contribution in [2.75, 3.05) is 13.7 Å². The van der Waals surface area contributed by atoms with Gasteiger partial charge in [-0.05, 0) is 55.6 Å². The summed E-state index contributed by atoms with van der Waals surface area (Å²) in [5.74, 6) is 0.589. The van der Waals surface area contributed by atoms with Crippen LogP contribution in [0.2, 0.25) is 0 Å². The number of nitriles is 1. The zero-order valence-corrected chi connectivity index (χ0v) is 13.7. The Kier molecular flexibility index (Phi) is 4.78. The standard InChI is InChI=1S/C19H20N4O/c1-24-18-8-6-14(12-22-18)19-15(4-2-3-9-20)16-10-13(11-21)5-7-17(16)23-19/h5-8,10,12,23H,2-4,9,20H2,1H3. The normalized spacial score (nSPS) is 10.7. The molecule has 0 aliphatic rings. The molecule has 2 heterocycles. The number of nitrogens with two attached hydrogens (primary N) is 1. The minimum absolute atomic E-state index is 0.589. The van der Waals surface area contributed by atoms with Crippen LogP contribution in [0.25, 0.3) is 22.2 Å². The lowest BCUT2D eigenvalue weighted by Gasteiger charge is -2.06. The van der Waals surface area contributed by atoms with E-state index in [4.69, 9.17) is 10.5 Å². The molecule has 5 nitrogen and oxygen atoms in total. The van der Waals surface area contributed by atoms with Crippen LogP contribution in [0.15, 0.2) is 36.5 Å². The highest BCUT2D eigenvalue weighted by Gasteiger charge is 2.14. The predicted octanol–water partition coefficient (Wildman–Crippen LogP) is 3.39. The quantitative estimate of drug-likeness (QED) is 0.681. The number of methoxy groups -OCH3 is 1. The molecule has 0 amide bonds. The van der Waals surface area contributed by atoms with Crippen molar-refractivity contribution >= 4 is 10.9 Å². The molecule has 24 heavy (non-hydrogen) atoms. The number of hydrogen-bond acceptors (Lipinski definition) is 4. The summed E-state index contributed by atoms with van der Waals surface area (Å²) in [7, 11) is 1.60. The average Bonchev–Trinajstić information content (AvgIpc) is 3.00. The van der Waals surface area contributed by atoms with Crippen molar-refractivity contribution in [2.45, 2.75) is 19.3 Å². The molecular weight excluding hydrogens is 300 g/mol. The number of rotatable bonds is 6. The fraction of sp³-hybridized carbons (Fsp3) is 0.263. The third kappa shape index (κ3) is 3.10. The lowest BCUT2D eigenvalue weighted by atomic mass is 10.00. The van der Waals surface area contributed by atoms with Crippen molar-refractivity contribution in [3.05, 3.63) is 47.7 Å². The van der Waals surface area contributed by atoms with Crippen LogP contribution in [-0.4, -0.2) is 23.6 Å². The zero-order valence-electron chi connectivity index (χ0n) is 13.7. The molecule has 0 aliphatic carbocycles. The minimum atomic E-state index is 0.589. The maximum Gasteiger partial charge on any atom is 0.212 e. The highest BCUT2D eigenvalue weighted by atomic mass is 16.5. The van der Waals surface area contributed by atoms with Crippen LogP contribution < -0.4 is 10.5 Å². The second kappa shape index (κ2) is 7.16. The fourth-order valence-electron chi connectivity index (χ4n) is 2.92. The number of aryl methyl sites for hydroxylation is 1. The maximum absolute atomic E-state index is 9.18. The number of aromatic amines is 1. The minimum Gasteiger partial charge on any atom is -0.481 e. The summed E-state index contributed by atoms with van der Waals surface area (Å²) >= 11 is 0. The molecule has 0 radical (unpaired) electrons. The van der Waals surface area contributed by atoms with Gasteiger partial charge >= 0.3 is 0 Å². The average molecular weight is 320 g/mol. The number of ether oxygens (including phenoxy) is 1. The monoisotopic (exact) mass is 320 g/mol. The van der Waals surface area contributed by atoms with Gasteiger partial charge in [0, 0.05) is 28.7 Å². The van der Waals surface area contributed by atoms with Gasteiger partial charge in [0.25, 0.3) is 0 Å². The van der Waals surface area contributed by atoms with Gasteiger partial charge in [-0.2, -0.15) is 5.26 Å². The van der Waals surface area contributed by atoms with E-state index in [-0.39, 0.29) is 0 Å². The number of benzene rings is 1. The number of nitrogens with zero attached hydrogens (tertiary/aromatic N) is 2. The molecule has 0 atom stereocenters. The molecule has 0 spiro atoms. The van der Waals surface area contributed by atoms with E-state index in [0.29, 0.717) is 18.0 Å². The molecule has 0 fully saturated rings. The Morgan fingerprint density at radius 3 is 2.79 bits per heavy atom. The van der Waals surface area contributed by atoms with E-state index in [9.17, 15) is 5.26 Å². The van der Waals surface area contributed by atoms with Gasteiger partial charge in [-0.25, -0.2) is 4.98 Å². The van der Waals surface area contributed by atoms with Gasteiger partial charge in [-0.1, -0.05) is 0 Å². The van der Waals surface area contributed by atoms with Gasteiger partial charge in [-0.15, -0.1) is 0 Å². The smallest absolute Gasteiger partial charge is 0.212 e. The SMILES string of the molecule is COc1ccc(-c2[nH]c3ccc(C#N)cc3c2CCCCN)cn1. The molecule has 5 heteroatoms. The van der Waals surface area contributed by atoms with Crippen molar-refractivity contribution in [3.63, 3.8) is 0 Å². The lowest BCUT2D eigenvalue weighted by molar-refractivity contribution is 0.398. The van der Waals surface area contributed by atoms with E-state index >= 15 is 0 Å². The largest absolute Gasteiger partial charge is 0.481 e. The van der Waals surface area contributed by atoms with Crippen molar-refractivity contribution in [2.24, 2.45) is 5.73 Å². The van der Waals surface area contributed by atoms with Gasteiger partial charge in [-0.3, -0.25) is 0 Å². The number of fused-ring (bicyclic) bond motifs is 1. The van der Waals surface area contributed by atoms with Gasteiger partial charge in [0.05, 0.1) is 24.4 Å². The van der Waals surface area contributed by atoms with Crippen LogP contribution in [0, 0.1) is 11.3 Å². The summed E-state index contributed by atoms with van der Waals surface area (Å²) in [6, 6.07) is 11.8. The second-order valence-corrected chi connectivity index (χ2v) is 5.69.